The van der Waals surface area contributed by atoms with Crippen LogP contribution in [-0.4, -0.2) is 16.6 Å². The molecule has 2 heterocycles. The van der Waals surface area contributed by atoms with Crippen molar-refractivity contribution in [2.24, 2.45) is 0 Å². The summed E-state index contributed by atoms with van der Waals surface area (Å²) < 4.78 is 5.60. The molecule has 0 aliphatic carbocycles. The maximum Gasteiger partial charge on any atom is 0.124 e. The lowest BCUT2D eigenvalue weighted by Crippen LogP contribution is -2.22. The normalized spacial score (nSPS) is 17.5. The van der Waals surface area contributed by atoms with Crippen LogP contribution < -0.4 is 10.1 Å². The molecule has 1 unspecified atom stereocenters. The number of rotatable bonds is 3. The van der Waals surface area contributed by atoms with E-state index in [2.05, 4.69) is 21.4 Å². The molecular weight excluding hydrogens is 214 g/mol. The lowest BCUT2D eigenvalue weighted by Gasteiger charge is -2.10. The summed E-state index contributed by atoms with van der Waals surface area (Å²) in [4.78, 5) is 8.27. The number of ether oxygens (including phenoxy) is 1. The fourth-order valence-electron chi connectivity index (χ4n) is 1.98. The number of nitrogens with one attached hydrogen (secondary N) is 1. The first-order valence-electron chi connectivity index (χ1n) is 5.63. The van der Waals surface area contributed by atoms with Gasteiger partial charge in [-0.3, -0.25) is 9.97 Å². The topological polar surface area (TPSA) is 47.0 Å². The molecular formula is C13H13N3O. The van der Waals surface area contributed by atoms with Crippen LogP contribution in [0.1, 0.15) is 17.3 Å². The van der Waals surface area contributed by atoms with Crippen molar-refractivity contribution in [3.63, 3.8) is 0 Å². The maximum atomic E-state index is 5.60. The Bertz CT molecular complexity index is 501. The van der Waals surface area contributed by atoms with Crippen LogP contribution in [0.3, 0.4) is 0 Å². The zero-order valence-corrected chi connectivity index (χ0v) is 9.34. The van der Waals surface area contributed by atoms with Crippen LogP contribution in [0.15, 0.2) is 42.9 Å². The molecule has 0 radical (unpaired) electrons. The molecule has 0 bridgehead atoms. The molecule has 1 aliphatic heterocycles. The number of fused-ring (bicyclic) bond motifs is 1. The summed E-state index contributed by atoms with van der Waals surface area (Å²) in [6.07, 6.45) is 5.16. The average molecular weight is 227 g/mol. The monoisotopic (exact) mass is 227 g/mol. The molecule has 4 nitrogen and oxygen atoms in total. The Morgan fingerprint density at radius 2 is 2.24 bits per heavy atom. The van der Waals surface area contributed by atoms with Gasteiger partial charge in [-0.05, 0) is 6.07 Å². The lowest BCUT2D eigenvalue weighted by molar-refractivity contribution is 0.310. The minimum Gasteiger partial charge on any atom is -0.491 e. The molecule has 17 heavy (non-hydrogen) atoms. The van der Waals surface area contributed by atoms with Gasteiger partial charge in [0.2, 0.25) is 0 Å². The molecule has 0 saturated heterocycles. The van der Waals surface area contributed by atoms with E-state index in [0.717, 1.165) is 11.4 Å². The molecule has 0 fully saturated rings. The van der Waals surface area contributed by atoms with Gasteiger partial charge >= 0.3 is 0 Å². The van der Waals surface area contributed by atoms with E-state index in [1.54, 1.807) is 18.6 Å². The minimum absolute atomic E-state index is 0.244. The first kappa shape index (κ1) is 10.2. The van der Waals surface area contributed by atoms with Crippen LogP contribution in [0.5, 0.6) is 5.75 Å². The summed E-state index contributed by atoms with van der Waals surface area (Å²) in [6, 6.07) is 8.36. The summed E-state index contributed by atoms with van der Waals surface area (Å²) in [5.74, 6) is 0.976. The fraction of sp³-hybridized carbons (Fsp3) is 0.231. The van der Waals surface area contributed by atoms with Gasteiger partial charge in [0.05, 0.1) is 11.7 Å². The number of para-hydroxylation sites is 1. The summed E-state index contributed by atoms with van der Waals surface area (Å²) in [6.45, 7) is 1.38. The molecule has 1 aliphatic rings. The summed E-state index contributed by atoms with van der Waals surface area (Å²) in [5.41, 5.74) is 2.16. The SMILES string of the molecule is c1ccc2c(c1)OCC2NCc1cnccn1. The molecule has 1 N–H and O–H groups in total. The van der Waals surface area contributed by atoms with Crippen LogP contribution in [0.4, 0.5) is 0 Å². The van der Waals surface area contributed by atoms with Crippen molar-refractivity contribution in [2.75, 3.05) is 6.61 Å². The second-order valence-electron chi connectivity index (χ2n) is 3.98. The van der Waals surface area contributed by atoms with Crippen molar-refractivity contribution in [3.8, 4) is 5.75 Å². The van der Waals surface area contributed by atoms with Crippen molar-refractivity contribution in [1.29, 1.82) is 0 Å². The number of benzene rings is 1. The van der Waals surface area contributed by atoms with Gasteiger partial charge in [0.25, 0.3) is 0 Å². The highest BCUT2D eigenvalue weighted by molar-refractivity contribution is 5.39. The van der Waals surface area contributed by atoms with Crippen LogP contribution in [-0.2, 0) is 6.54 Å². The highest BCUT2D eigenvalue weighted by Gasteiger charge is 2.22. The van der Waals surface area contributed by atoms with E-state index in [4.69, 9.17) is 4.74 Å². The second-order valence-corrected chi connectivity index (χ2v) is 3.98. The van der Waals surface area contributed by atoms with Gasteiger partial charge in [-0.2, -0.15) is 0 Å². The van der Waals surface area contributed by atoms with E-state index in [1.807, 2.05) is 18.2 Å². The molecule has 1 atom stereocenters. The number of hydrogen-bond acceptors (Lipinski definition) is 4. The zero-order chi connectivity index (χ0) is 11.5. The highest BCUT2D eigenvalue weighted by atomic mass is 16.5. The van der Waals surface area contributed by atoms with Crippen LogP contribution >= 0.6 is 0 Å². The van der Waals surface area contributed by atoms with Crippen LogP contribution in [0.25, 0.3) is 0 Å². The Balaban J connectivity index is 1.68. The number of hydrogen-bond donors (Lipinski definition) is 1. The first-order chi connectivity index (χ1) is 8.43. The molecule has 0 saturated carbocycles. The lowest BCUT2D eigenvalue weighted by atomic mass is 10.1. The van der Waals surface area contributed by atoms with Gasteiger partial charge in [-0.15, -0.1) is 0 Å². The van der Waals surface area contributed by atoms with Crippen LogP contribution in [0, 0.1) is 0 Å². The number of aromatic nitrogens is 2. The summed E-state index contributed by atoms with van der Waals surface area (Å²) in [5, 5.41) is 3.43. The molecule has 0 amide bonds. The largest absolute Gasteiger partial charge is 0.491 e. The molecule has 2 aromatic rings. The predicted molar refractivity (Wildman–Crippen MR) is 63.5 cm³/mol. The Morgan fingerprint density at radius 3 is 3.12 bits per heavy atom. The Kier molecular flexibility index (Phi) is 2.71. The fourth-order valence-corrected chi connectivity index (χ4v) is 1.98. The van der Waals surface area contributed by atoms with Crippen molar-refractivity contribution >= 4 is 0 Å². The van der Waals surface area contributed by atoms with Gasteiger partial charge in [0.15, 0.2) is 0 Å². The third-order valence-electron chi connectivity index (χ3n) is 2.85. The van der Waals surface area contributed by atoms with Crippen molar-refractivity contribution in [1.82, 2.24) is 15.3 Å². The molecule has 1 aromatic heterocycles. The van der Waals surface area contributed by atoms with Crippen molar-refractivity contribution in [3.05, 3.63) is 54.1 Å². The Hall–Kier alpha value is -1.94. The highest BCUT2D eigenvalue weighted by Crippen LogP contribution is 2.31. The molecule has 4 heteroatoms. The molecule has 86 valence electrons. The molecule has 0 spiro atoms. The summed E-state index contributed by atoms with van der Waals surface area (Å²) in [7, 11) is 0. The van der Waals surface area contributed by atoms with Gasteiger partial charge in [0, 0.05) is 30.7 Å². The minimum atomic E-state index is 0.244. The smallest absolute Gasteiger partial charge is 0.124 e. The van der Waals surface area contributed by atoms with Gasteiger partial charge < -0.3 is 10.1 Å². The third kappa shape index (κ3) is 2.12. The van der Waals surface area contributed by atoms with E-state index in [-0.39, 0.29) is 6.04 Å². The quantitative estimate of drug-likeness (QED) is 0.867. The predicted octanol–water partition coefficient (Wildman–Crippen LogP) is 1.70. The van der Waals surface area contributed by atoms with Gasteiger partial charge in [-0.1, -0.05) is 18.2 Å². The Labute approximate surface area is 99.7 Å². The maximum absolute atomic E-state index is 5.60. The van der Waals surface area contributed by atoms with E-state index >= 15 is 0 Å². The van der Waals surface area contributed by atoms with Gasteiger partial charge in [0.1, 0.15) is 12.4 Å². The summed E-state index contributed by atoms with van der Waals surface area (Å²) >= 11 is 0. The van der Waals surface area contributed by atoms with Crippen LogP contribution in [0.2, 0.25) is 0 Å². The third-order valence-corrected chi connectivity index (χ3v) is 2.85. The Morgan fingerprint density at radius 1 is 1.29 bits per heavy atom. The molecule has 1 aromatic carbocycles. The van der Waals surface area contributed by atoms with E-state index in [1.165, 1.54) is 5.56 Å². The van der Waals surface area contributed by atoms with E-state index in [9.17, 15) is 0 Å². The first-order valence-corrected chi connectivity index (χ1v) is 5.63. The van der Waals surface area contributed by atoms with E-state index < -0.39 is 0 Å². The van der Waals surface area contributed by atoms with Gasteiger partial charge in [-0.25, -0.2) is 0 Å². The zero-order valence-electron chi connectivity index (χ0n) is 9.34. The number of nitrogens with zero attached hydrogens (tertiary/aromatic N) is 2. The van der Waals surface area contributed by atoms with E-state index in [0.29, 0.717) is 13.2 Å². The second kappa shape index (κ2) is 4.51. The van der Waals surface area contributed by atoms with Crippen molar-refractivity contribution < 1.29 is 4.74 Å². The van der Waals surface area contributed by atoms with Crippen molar-refractivity contribution in [2.45, 2.75) is 12.6 Å². The standard InChI is InChI=1S/C13H13N3O/c1-2-4-13-11(3-1)12(9-17-13)16-8-10-7-14-5-6-15-10/h1-7,12,16H,8-9H2. The molecule has 3 rings (SSSR count). The average Bonchev–Trinajstić information content (AvgIpc) is 2.81.